The molecule has 0 atom stereocenters. The fourth-order valence-corrected chi connectivity index (χ4v) is 4.27. The van der Waals surface area contributed by atoms with Crippen LogP contribution in [0.25, 0.3) is 17.4 Å². The number of nitrogens with one attached hydrogen (secondary N) is 1. The number of thioether (sulfide) groups is 1. The van der Waals surface area contributed by atoms with Crippen LogP contribution in [0.4, 0.5) is 23.7 Å². The van der Waals surface area contributed by atoms with Gasteiger partial charge in [-0.3, -0.25) is 19.3 Å². The highest BCUT2D eigenvalue weighted by Crippen LogP contribution is 2.34. The second-order valence-electron chi connectivity index (χ2n) is 7.89. The van der Waals surface area contributed by atoms with E-state index in [4.69, 9.17) is 9.15 Å². The molecule has 1 aliphatic heterocycles. The van der Waals surface area contributed by atoms with E-state index in [0.29, 0.717) is 33.5 Å². The van der Waals surface area contributed by atoms with Crippen LogP contribution in [0.15, 0.2) is 70.0 Å². The summed E-state index contributed by atoms with van der Waals surface area (Å²) in [5.41, 5.74) is -0.0203. The van der Waals surface area contributed by atoms with Crippen molar-refractivity contribution >= 4 is 46.5 Å². The fourth-order valence-electron chi connectivity index (χ4n) is 3.45. The number of esters is 1. The average Bonchev–Trinajstić information content (AvgIpc) is 3.44. The number of alkyl halides is 3. The van der Waals surface area contributed by atoms with Crippen molar-refractivity contribution in [2.45, 2.75) is 13.1 Å². The third-order valence-corrected chi connectivity index (χ3v) is 6.14. The van der Waals surface area contributed by atoms with E-state index in [1.54, 1.807) is 43.3 Å². The van der Waals surface area contributed by atoms with E-state index < -0.39 is 41.3 Å². The molecule has 38 heavy (non-hydrogen) atoms. The van der Waals surface area contributed by atoms with Gasteiger partial charge in [-0.05, 0) is 61.2 Å². The Labute approximate surface area is 218 Å². The molecule has 12 heteroatoms. The van der Waals surface area contributed by atoms with Crippen LogP contribution in [0.5, 0.6) is 0 Å². The zero-order valence-corrected chi connectivity index (χ0v) is 20.5. The molecule has 0 aliphatic carbocycles. The molecule has 4 rings (SSSR count). The van der Waals surface area contributed by atoms with Crippen molar-refractivity contribution in [1.82, 2.24) is 4.90 Å². The van der Waals surface area contributed by atoms with E-state index in [1.165, 1.54) is 12.1 Å². The molecule has 0 unspecified atom stereocenters. The molecule has 1 saturated heterocycles. The van der Waals surface area contributed by atoms with Crippen molar-refractivity contribution in [3.63, 3.8) is 0 Å². The van der Waals surface area contributed by atoms with Gasteiger partial charge in [-0.25, -0.2) is 4.79 Å². The van der Waals surface area contributed by atoms with Gasteiger partial charge in [0.1, 0.15) is 18.1 Å². The summed E-state index contributed by atoms with van der Waals surface area (Å²) in [5.74, 6) is -1.30. The summed E-state index contributed by atoms with van der Waals surface area (Å²) in [4.78, 5) is 49.9. The Kier molecular flexibility index (Phi) is 7.72. The highest BCUT2D eigenvalue weighted by atomic mass is 32.2. The molecule has 0 saturated carbocycles. The van der Waals surface area contributed by atoms with Crippen molar-refractivity contribution in [1.29, 1.82) is 0 Å². The van der Waals surface area contributed by atoms with E-state index in [0.717, 1.165) is 18.2 Å². The maximum Gasteiger partial charge on any atom is 0.416 e. The van der Waals surface area contributed by atoms with E-state index in [-0.39, 0.29) is 23.0 Å². The van der Waals surface area contributed by atoms with Crippen LogP contribution < -0.4 is 5.32 Å². The fraction of sp³-hybridized carbons (Fsp3) is 0.154. The van der Waals surface area contributed by atoms with Crippen LogP contribution in [0.1, 0.15) is 28.6 Å². The second-order valence-corrected chi connectivity index (χ2v) is 8.89. The third-order valence-electron chi connectivity index (χ3n) is 5.23. The van der Waals surface area contributed by atoms with Crippen molar-refractivity contribution < 1.29 is 41.5 Å². The summed E-state index contributed by atoms with van der Waals surface area (Å²) in [6, 6.07) is 13.8. The van der Waals surface area contributed by atoms with Crippen LogP contribution in [-0.4, -0.2) is 41.1 Å². The van der Waals surface area contributed by atoms with Crippen LogP contribution in [0.3, 0.4) is 0 Å². The Morgan fingerprint density at radius 1 is 1.08 bits per heavy atom. The van der Waals surface area contributed by atoms with E-state index >= 15 is 0 Å². The molecule has 0 bridgehead atoms. The molecule has 1 aromatic heterocycles. The summed E-state index contributed by atoms with van der Waals surface area (Å²) < 4.78 is 49.3. The lowest BCUT2D eigenvalue weighted by Crippen LogP contribution is -2.36. The second kappa shape index (κ2) is 11.0. The molecule has 2 aromatic carbocycles. The third kappa shape index (κ3) is 6.14. The number of halogens is 3. The van der Waals surface area contributed by atoms with Gasteiger partial charge >= 0.3 is 12.1 Å². The quantitative estimate of drug-likeness (QED) is 0.295. The SMILES string of the molecule is CCOC(=O)c1ccc(-c2ccc(/C=C3\SC(=O)N(CC(=O)Nc4cccc(C(F)(F)F)c4)C3=O)o2)cc1. The van der Waals surface area contributed by atoms with E-state index in [2.05, 4.69) is 5.32 Å². The summed E-state index contributed by atoms with van der Waals surface area (Å²) in [6.45, 7) is 1.29. The summed E-state index contributed by atoms with van der Waals surface area (Å²) >= 11 is 0.604. The lowest BCUT2D eigenvalue weighted by molar-refractivity contribution is -0.137. The smallest absolute Gasteiger partial charge is 0.416 e. The van der Waals surface area contributed by atoms with Gasteiger partial charge in [0.2, 0.25) is 5.91 Å². The number of rotatable bonds is 7. The first-order chi connectivity index (χ1) is 18.0. The minimum absolute atomic E-state index is 0.0143. The molecular weight excluding hydrogens is 525 g/mol. The molecule has 0 radical (unpaired) electrons. The van der Waals surface area contributed by atoms with Gasteiger partial charge in [-0.15, -0.1) is 0 Å². The summed E-state index contributed by atoms with van der Waals surface area (Å²) in [7, 11) is 0. The number of carbonyl (C=O) groups is 4. The lowest BCUT2D eigenvalue weighted by atomic mass is 10.1. The molecule has 1 N–H and O–H groups in total. The summed E-state index contributed by atoms with van der Waals surface area (Å²) in [6.07, 6.45) is -3.23. The van der Waals surface area contributed by atoms with Crippen LogP contribution in [0, 0.1) is 0 Å². The monoisotopic (exact) mass is 544 g/mol. The van der Waals surface area contributed by atoms with E-state index in [1.807, 2.05) is 0 Å². The van der Waals surface area contributed by atoms with Crippen LogP contribution in [0.2, 0.25) is 0 Å². The molecule has 8 nitrogen and oxygen atoms in total. The maximum absolute atomic E-state index is 12.9. The van der Waals surface area contributed by atoms with Gasteiger partial charge in [0.05, 0.1) is 22.6 Å². The number of ether oxygens (including phenoxy) is 1. The maximum atomic E-state index is 12.9. The highest BCUT2D eigenvalue weighted by Gasteiger charge is 2.37. The van der Waals surface area contributed by atoms with Crippen molar-refractivity contribution in [3.8, 4) is 11.3 Å². The topological polar surface area (TPSA) is 106 Å². The highest BCUT2D eigenvalue weighted by molar-refractivity contribution is 8.18. The Balaban J connectivity index is 1.41. The number of imide groups is 1. The number of furan rings is 1. The first-order valence-electron chi connectivity index (χ1n) is 11.1. The number of anilines is 1. The van der Waals surface area contributed by atoms with Gasteiger partial charge in [0, 0.05) is 17.3 Å². The standard InChI is InChI=1S/C26H19F3N2O6S/c1-2-36-24(34)16-8-6-15(7-9-16)20-11-10-19(37-20)13-21-23(33)31(25(35)38-21)14-22(32)30-18-5-3-4-17(12-18)26(27,28)29/h3-13H,2,14H2,1H3,(H,30,32)/b21-13-. The van der Waals surface area contributed by atoms with Crippen molar-refractivity contribution in [2.24, 2.45) is 0 Å². The minimum Gasteiger partial charge on any atom is -0.462 e. The molecule has 3 aromatic rings. The van der Waals surface area contributed by atoms with E-state index in [9.17, 15) is 32.3 Å². The molecule has 3 amide bonds. The van der Waals surface area contributed by atoms with Crippen molar-refractivity contribution in [2.75, 3.05) is 18.5 Å². The predicted octanol–water partition coefficient (Wildman–Crippen LogP) is 5.82. The lowest BCUT2D eigenvalue weighted by Gasteiger charge is -2.13. The van der Waals surface area contributed by atoms with Gasteiger partial charge in [0.25, 0.3) is 11.1 Å². The number of benzene rings is 2. The Bertz CT molecular complexity index is 1430. The zero-order chi connectivity index (χ0) is 27.4. The Morgan fingerprint density at radius 3 is 2.50 bits per heavy atom. The predicted molar refractivity (Wildman–Crippen MR) is 133 cm³/mol. The molecule has 2 heterocycles. The van der Waals surface area contributed by atoms with Crippen LogP contribution >= 0.6 is 11.8 Å². The Morgan fingerprint density at radius 2 is 1.82 bits per heavy atom. The molecule has 1 fully saturated rings. The largest absolute Gasteiger partial charge is 0.462 e. The molecule has 196 valence electrons. The molecular formula is C26H19F3N2O6S. The average molecular weight is 545 g/mol. The first kappa shape index (κ1) is 26.7. The van der Waals surface area contributed by atoms with Gasteiger partial charge in [0.15, 0.2) is 0 Å². The number of carbonyl (C=O) groups excluding carboxylic acids is 4. The van der Waals surface area contributed by atoms with Gasteiger partial charge in [-0.2, -0.15) is 13.2 Å². The number of hydrogen-bond donors (Lipinski definition) is 1. The van der Waals surface area contributed by atoms with Crippen LogP contribution in [-0.2, 0) is 20.5 Å². The number of nitrogens with zero attached hydrogens (tertiary/aromatic N) is 1. The van der Waals surface area contributed by atoms with Gasteiger partial charge in [-0.1, -0.05) is 18.2 Å². The van der Waals surface area contributed by atoms with Gasteiger partial charge < -0.3 is 14.5 Å². The number of amides is 3. The Hall–Kier alpha value is -4.32. The first-order valence-corrected chi connectivity index (χ1v) is 12.0. The molecule has 0 spiro atoms. The molecule has 1 aliphatic rings. The zero-order valence-electron chi connectivity index (χ0n) is 19.7. The number of hydrogen-bond acceptors (Lipinski definition) is 7. The normalized spacial score (nSPS) is 14.7. The minimum atomic E-state index is -4.59. The summed E-state index contributed by atoms with van der Waals surface area (Å²) in [5, 5.41) is 1.56. The van der Waals surface area contributed by atoms with Crippen molar-refractivity contribution in [3.05, 3.63) is 82.5 Å².